The standard InChI is InChI=1S/C74H75ClN16O5/c75-72-85-67-63(70(87-72)95-50-26-12-4-13-27-50)82-57(90(67)58-30-16-18-36-92-58)38-46-41-76-55-34-32-47(39-52(55)60(46)44-20-6-1-7-21-44)81-74-86-68-64(71(89-74)96-51-28-14-5-15-29-51)83-66(91(68)59-31-17-19-37-93-59)54-42-77-56-35-33-48(40-53(56)61(54)45-22-8-2-9-23-45)80-73-84-65-62(78-43-79-65)69(88-73)94-49-24-10-3-11-25-49/h1-2,6-9,20-23,32-35,39-43,49-51,58-59H,3-5,10-19,24-31,36-38H2,(H,81,86,89)(H2,78,79,80,84,88). The van der Waals surface area contributed by atoms with Crippen molar-refractivity contribution in [2.24, 2.45) is 0 Å². The van der Waals surface area contributed by atoms with Crippen molar-refractivity contribution in [3.05, 3.63) is 132 Å². The summed E-state index contributed by atoms with van der Waals surface area (Å²) in [5.41, 5.74) is 12.4. The summed E-state index contributed by atoms with van der Waals surface area (Å²) in [4.78, 5) is 59.1. The molecule has 3 saturated carbocycles. The molecule has 2 saturated heterocycles. The zero-order valence-electron chi connectivity index (χ0n) is 53.6. The Morgan fingerprint density at radius 2 is 1.00 bits per heavy atom. The van der Waals surface area contributed by atoms with Crippen LogP contribution in [-0.2, 0) is 15.9 Å². The van der Waals surface area contributed by atoms with Crippen LogP contribution in [0, 0.1) is 0 Å². The molecule has 2 atom stereocenters. The van der Waals surface area contributed by atoms with Crippen molar-refractivity contribution in [1.29, 1.82) is 0 Å². The van der Waals surface area contributed by atoms with Gasteiger partial charge < -0.3 is 39.3 Å². The molecule has 96 heavy (non-hydrogen) atoms. The number of rotatable bonds is 17. The number of aromatic nitrogens is 14. The first-order chi connectivity index (χ1) is 47.4. The van der Waals surface area contributed by atoms with E-state index in [0.717, 1.165) is 188 Å². The van der Waals surface area contributed by atoms with E-state index in [9.17, 15) is 0 Å². The largest absolute Gasteiger partial charge is 0.473 e. The second-order valence-corrected chi connectivity index (χ2v) is 26.6. The van der Waals surface area contributed by atoms with E-state index in [4.69, 9.17) is 80.1 Å². The van der Waals surface area contributed by atoms with Crippen LogP contribution in [-0.4, -0.2) is 100 Å². The number of hydrogen-bond acceptors (Lipinski definition) is 18. The molecule has 0 radical (unpaired) electrons. The molecule has 2 unspecified atom stereocenters. The number of anilines is 4. The molecular formula is C74H75ClN16O5. The molecule has 10 heterocycles. The number of aromatic amines is 1. The van der Waals surface area contributed by atoms with Crippen molar-refractivity contribution in [2.75, 3.05) is 23.8 Å². The number of nitrogens with one attached hydrogen (secondary N) is 3. The topological polar surface area (TPSA) is 238 Å². The van der Waals surface area contributed by atoms with E-state index in [1.54, 1.807) is 6.33 Å². The van der Waals surface area contributed by atoms with E-state index in [1.165, 1.54) is 19.3 Å². The lowest BCUT2D eigenvalue weighted by Crippen LogP contribution is -2.21. The fourth-order valence-electron chi connectivity index (χ4n) is 15.0. The Bertz CT molecular complexity index is 4800. The normalized spacial score (nSPS) is 18.6. The minimum absolute atomic E-state index is 0.0344. The van der Waals surface area contributed by atoms with Gasteiger partial charge in [0, 0.05) is 65.3 Å². The Hall–Kier alpha value is -9.44. The van der Waals surface area contributed by atoms with Crippen molar-refractivity contribution in [2.45, 2.75) is 172 Å². The van der Waals surface area contributed by atoms with Crippen LogP contribution in [0.2, 0.25) is 5.28 Å². The fourth-order valence-corrected chi connectivity index (χ4v) is 15.2. The number of benzene rings is 4. The summed E-state index contributed by atoms with van der Waals surface area (Å²) in [7, 11) is 0. The Morgan fingerprint density at radius 3 is 1.60 bits per heavy atom. The third kappa shape index (κ3) is 12.1. The summed E-state index contributed by atoms with van der Waals surface area (Å²) in [5.74, 6) is 3.45. The van der Waals surface area contributed by atoms with Gasteiger partial charge in [0.05, 0.1) is 17.4 Å². The summed E-state index contributed by atoms with van der Waals surface area (Å²) in [6.07, 6.45) is 26.7. The Kier molecular flexibility index (Phi) is 16.7. The van der Waals surface area contributed by atoms with Crippen LogP contribution in [0.1, 0.15) is 159 Å². The van der Waals surface area contributed by atoms with Crippen LogP contribution in [0.15, 0.2) is 116 Å². The Morgan fingerprint density at radius 1 is 0.479 bits per heavy atom. The molecule has 12 aromatic rings. The number of imidazole rings is 3. The van der Waals surface area contributed by atoms with Gasteiger partial charge in [-0.3, -0.25) is 19.1 Å². The molecule has 5 aliphatic rings. The van der Waals surface area contributed by atoms with Gasteiger partial charge in [-0.05, 0) is 186 Å². The molecule has 3 N–H and O–H groups in total. The number of H-pyrrole nitrogens is 1. The lowest BCUT2D eigenvalue weighted by Gasteiger charge is -2.26. The van der Waals surface area contributed by atoms with Crippen molar-refractivity contribution in [1.82, 2.24) is 68.9 Å². The predicted molar refractivity (Wildman–Crippen MR) is 370 cm³/mol. The van der Waals surface area contributed by atoms with Crippen LogP contribution in [0.5, 0.6) is 17.6 Å². The Labute approximate surface area is 559 Å². The molecule has 488 valence electrons. The average Bonchev–Trinajstić information content (AvgIpc) is 1.56. The molecule has 2 aliphatic heterocycles. The highest BCUT2D eigenvalue weighted by molar-refractivity contribution is 6.28. The SMILES string of the molecule is Clc1nc(OC2CCCCC2)c2nc(Cc3cnc4ccc(Nc5nc(OC6CCCCC6)c6nc(-c7cnc8ccc(Nc9nc(OC%10CCCCC%10)c%10nc[nH]c%10n9)cc8c7-c7ccccc7)n(C7CCCCO7)c6n5)cc4c3-c3ccccc3)n(C3CCCCO3)c2n1. The predicted octanol–water partition coefficient (Wildman–Crippen LogP) is 17.0. The molecule has 4 aromatic carbocycles. The molecule has 0 bridgehead atoms. The third-order valence-corrected chi connectivity index (χ3v) is 19.9. The quantitative estimate of drug-likeness (QED) is 0.0718. The summed E-state index contributed by atoms with van der Waals surface area (Å²) in [5, 5.41) is 9.18. The lowest BCUT2D eigenvalue weighted by molar-refractivity contribution is -0.0312. The van der Waals surface area contributed by atoms with Crippen LogP contribution in [0.3, 0.4) is 0 Å². The van der Waals surface area contributed by atoms with Crippen molar-refractivity contribution in [3.8, 4) is 51.3 Å². The zero-order chi connectivity index (χ0) is 63.9. The van der Waals surface area contributed by atoms with Gasteiger partial charge in [0.1, 0.15) is 42.4 Å². The van der Waals surface area contributed by atoms with Gasteiger partial charge in [-0.25, -0.2) is 15.0 Å². The van der Waals surface area contributed by atoms with E-state index in [2.05, 4.69) is 101 Å². The number of pyridine rings is 2. The first-order valence-corrected chi connectivity index (χ1v) is 35.0. The maximum absolute atomic E-state index is 7.11. The highest BCUT2D eigenvalue weighted by Gasteiger charge is 2.33. The van der Waals surface area contributed by atoms with E-state index in [0.29, 0.717) is 88.5 Å². The van der Waals surface area contributed by atoms with Crippen molar-refractivity contribution in [3.63, 3.8) is 0 Å². The van der Waals surface area contributed by atoms with Gasteiger partial charge in [-0.15, -0.1) is 0 Å². The number of fused-ring (bicyclic) bond motifs is 5. The summed E-state index contributed by atoms with van der Waals surface area (Å²) < 4.78 is 37.9. The van der Waals surface area contributed by atoms with Crippen molar-refractivity contribution < 1.29 is 23.7 Å². The number of hydrogen-bond donors (Lipinski definition) is 3. The van der Waals surface area contributed by atoms with Gasteiger partial charge in [-0.1, -0.05) is 79.9 Å². The second-order valence-electron chi connectivity index (χ2n) is 26.3. The highest BCUT2D eigenvalue weighted by Crippen LogP contribution is 2.45. The van der Waals surface area contributed by atoms with Gasteiger partial charge in [0.2, 0.25) is 34.8 Å². The molecule has 0 amide bonds. The molecule has 21 nitrogen and oxygen atoms in total. The second kappa shape index (κ2) is 26.6. The number of ether oxygens (including phenoxy) is 5. The van der Waals surface area contributed by atoms with Gasteiger partial charge >= 0.3 is 0 Å². The van der Waals surface area contributed by atoms with Crippen LogP contribution < -0.4 is 24.8 Å². The van der Waals surface area contributed by atoms with Gasteiger partial charge in [0.25, 0.3) is 0 Å². The maximum atomic E-state index is 7.11. The first-order valence-electron chi connectivity index (χ1n) is 34.6. The molecule has 22 heteroatoms. The van der Waals surface area contributed by atoms with Gasteiger partial charge in [-0.2, -0.15) is 29.9 Å². The molecule has 8 aromatic heterocycles. The number of nitrogens with zero attached hydrogens (tertiary/aromatic N) is 13. The summed E-state index contributed by atoms with van der Waals surface area (Å²) in [6.45, 7) is 1.22. The van der Waals surface area contributed by atoms with E-state index >= 15 is 0 Å². The molecular weight excluding hydrogens is 1230 g/mol. The summed E-state index contributed by atoms with van der Waals surface area (Å²) in [6, 6.07) is 33.3. The van der Waals surface area contributed by atoms with Gasteiger partial charge in [0.15, 0.2) is 33.5 Å². The fraction of sp³-hybridized carbons (Fsp3) is 0.392. The minimum Gasteiger partial charge on any atom is -0.473 e. The van der Waals surface area contributed by atoms with Crippen LogP contribution >= 0.6 is 11.6 Å². The zero-order valence-corrected chi connectivity index (χ0v) is 54.3. The molecule has 5 fully saturated rings. The molecule has 3 aliphatic carbocycles. The smallest absolute Gasteiger partial charge is 0.247 e. The monoisotopic (exact) mass is 1300 g/mol. The highest BCUT2D eigenvalue weighted by atomic mass is 35.5. The van der Waals surface area contributed by atoms with Crippen LogP contribution in [0.4, 0.5) is 23.3 Å². The number of halogens is 1. The van der Waals surface area contributed by atoms with E-state index in [-0.39, 0.29) is 29.8 Å². The van der Waals surface area contributed by atoms with E-state index in [1.807, 2.05) is 42.7 Å². The Balaban J connectivity index is 0.783. The summed E-state index contributed by atoms with van der Waals surface area (Å²) >= 11 is 6.78. The minimum atomic E-state index is -0.410. The van der Waals surface area contributed by atoms with E-state index < -0.39 is 6.23 Å². The maximum Gasteiger partial charge on any atom is 0.247 e. The molecule has 17 rings (SSSR count). The third-order valence-electron chi connectivity index (χ3n) is 19.7. The average molecular weight is 1300 g/mol. The first kappa shape index (κ1) is 60.2. The molecule has 0 spiro atoms. The van der Waals surface area contributed by atoms with Crippen molar-refractivity contribution >= 4 is 90.2 Å². The lowest BCUT2D eigenvalue weighted by atomic mass is 9.94. The van der Waals surface area contributed by atoms with Crippen LogP contribution in [0.25, 0.3) is 88.9 Å².